The fourth-order valence-electron chi connectivity index (χ4n) is 1.85. The summed E-state index contributed by atoms with van der Waals surface area (Å²) in [6.45, 7) is 0.833. The number of benzene rings is 1. The van der Waals surface area contributed by atoms with Crippen LogP contribution in [0.2, 0.25) is 0 Å². The van der Waals surface area contributed by atoms with Crippen LogP contribution in [0.1, 0.15) is 12.8 Å². The maximum atomic E-state index is 12.0. The lowest BCUT2D eigenvalue weighted by molar-refractivity contribution is -0.118. The average molecular weight is 300 g/mol. The smallest absolute Gasteiger partial charge is 0.240 e. The Hall–Kier alpha value is -0.480. The van der Waals surface area contributed by atoms with Gasteiger partial charge >= 0.3 is 0 Å². The Morgan fingerprint density at radius 2 is 2.06 bits per heavy atom. The fourth-order valence-corrected chi connectivity index (χ4v) is 2.83. The third-order valence-electron chi connectivity index (χ3n) is 2.76. The molecule has 2 rings (SSSR count). The van der Waals surface area contributed by atoms with Gasteiger partial charge in [0.1, 0.15) is 0 Å². The largest absolute Gasteiger partial charge is 0.311 e. The molecule has 1 aliphatic heterocycles. The van der Waals surface area contributed by atoms with E-state index >= 15 is 0 Å². The lowest BCUT2D eigenvalue weighted by atomic mass is 10.1. The molecule has 2 nitrogen and oxygen atoms in total. The minimum atomic E-state index is -0.0125. The predicted octanol–water partition coefficient (Wildman–Crippen LogP) is 3.30. The maximum Gasteiger partial charge on any atom is 0.240 e. The Kier molecular flexibility index (Phi) is 3.92. The SMILES string of the molecule is CSc1ccc(N2CCCC(Br)C2=O)cc1. The average Bonchev–Trinajstić information content (AvgIpc) is 2.33. The highest BCUT2D eigenvalue weighted by Gasteiger charge is 2.27. The molecular weight excluding hydrogens is 286 g/mol. The van der Waals surface area contributed by atoms with Gasteiger partial charge in [0.15, 0.2) is 0 Å². The summed E-state index contributed by atoms with van der Waals surface area (Å²) in [6, 6.07) is 8.17. The first kappa shape index (κ1) is 12.0. The topological polar surface area (TPSA) is 20.3 Å². The Labute approximate surface area is 109 Å². The quantitative estimate of drug-likeness (QED) is 0.617. The molecule has 0 radical (unpaired) electrons. The highest BCUT2D eigenvalue weighted by Crippen LogP contribution is 2.26. The molecule has 1 fully saturated rings. The Balaban J connectivity index is 2.19. The van der Waals surface area contributed by atoms with Gasteiger partial charge in [-0.15, -0.1) is 11.8 Å². The van der Waals surface area contributed by atoms with Crippen LogP contribution in [-0.4, -0.2) is 23.5 Å². The van der Waals surface area contributed by atoms with E-state index in [0.29, 0.717) is 0 Å². The van der Waals surface area contributed by atoms with E-state index in [-0.39, 0.29) is 10.7 Å². The van der Waals surface area contributed by atoms with E-state index < -0.39 is 0 Å². The van der Waals surface area contributed by atoms with E-state index in [0.717, 1.165) is 25.1 Å². The number of hydrogen-bond donors (Lipinski definition) is 0. The first-order chi connectivity index (χ1) is 7.72. The van der Waals surface area contributed by atoms with Crippen molar-refractivity contribution in [1.82, 2.24) is 0 Å². The van der Waals surface area contributed by atoms with Gasteiger partial charge in [0.2, 0.25) is 5.91 Å². The van der Waals surface area contributed by atoms with E-state index in [9.17, 15) is 4.79 Å². The van der Waals surface area contributed by atoms with E-state index in [1.807, 2.05) is 17.0 Å². The van der Waals surface area contributed by atoms with Gasteiger partial charge in [0.25, 0.3) is 0 Å². The molecule has 0 saturated carbocycles. The number of halogens is 1. The third kappa shape index (κ3) is 2.43. The zero-order valence-electron chi connectivity index (χ0n) is 9.15. The second kappa shape index (κ2) is 5.23. The molecule has 1 atom stereocenters. The number of carbonyl (C=O) groups is 1. The van der Waals surface area contributed by atoms with Gasteiger partial charge in [-0.25, -0.2) is 0 Å². The molecule has 0 spiro atoms. The molecule has 1 heterocycles. The molecule has 0 bridgehead atoms. The number of amides is 1. The van der Waals surface area contributed by atoms with Crippen molar-refractivity contribution in [3.05, 3.63) is 24.3 Å². The van der Waals surface area contributed by atoms with Crippen molar-refractivity contribution in [3.8, 4) is 0 Å². The number of rotatable bonds is 2. The van der Waals surface area contributed by atoms with Gasteiger partial charge in [-0.05, 0) is 43.4 Å². The molecule has 1 amide bonds. The van der Waals surface area contributed by atoms with Crippen molar-refractivity contribution in [2.24, 2.45) is 0 Å². The maximum absolute atomic E-state index is 12.0. The normalized spacial score (nSPS) is 21.2. The van der Waals surface area contributed by atoms with Gasteiger partial charge < -0.3 is 4.90 Å². The summed E-state index contributed by atoms with van der Waals surface area (Å²) in [6.07, 6.45) is 4.06. The monoisotopic (exact) mass is 299 g/mol. The summed E-state index contributed by atoms with van der Waals surface area (Å²) in [7, 11) is 0. The molecule has 1 aromatic carbocycles. The molecule has 1 saturated heterocycles. The molecule has 0 aromatic heterocycles. The van der Waals surface area contributed by atoms with E-state index in [4.69, 9.17) is 0 Å². The van der Waals surface area contributed by atoms with Crippen molar-refractivity contribution in [1.29, 1.82) is 0 Å². The standard InChI is InChI=1S/C12H14BrNOS/c1-16-10-6-4-9(5-7-10)14-8-2-3-11(13)12(14)15/h4-7,11H,2-3,8H2,1H3. The van der Waals surface area contributed by atoms with Crippen LogP contribution in [-0.2, 0) is 4.79 Å². The van der Waals surface area contributed by atoms with Crippen LogP contribution in [0, 0.1) is 0 Å². The highest BCUT2D eigenvalue weighted by atomic mass is 79.9. The number of alkyl halides is 1. The Morgan fingerprint density at radius 3 is 2.69 bits per heavy atom. The molecule has 4 heteroatoms. The van der Waals surface area contributed by atoms with Gasteiger partial charge in [0.05, 0.1) is 4.83 Å². The van der Waals surface area contributed by atoms with Crippen LogP contribution in [0.3, 0.4) is 0 Å². The van der Waals surface area contributed by atoms with Crippen molar-refractivity contribution in [3.63, 3.8) is 0 Å². The number of nitrogens with zero attached hydrogens (tertiary/aromatic N) is 1. The minimum absolute atomic E-state index is 0.0125. The molecule has 1 aliphatic rings. The van der Waals surface area contributed by atoms with Crippen molar-refractivity contribution >= 4 is 39.3 Å². The molecule has 16 heavy (non-hydrogen) atoms. The summed E-state index contributed by atoms with van der Waals surface area (Å²) >= 11 is 5.14. The van der Waals surface area contributed by atoms with Crippen LogP contribution in [0.25, 0.3) is 0 Å². The predicted molar refractivity (Wildman–Crippen MR) is 72.5 cm³/mol. The van der Waals surface area contributed by atoms with Crippen LogP contribution >= 0.6 is 27.7 Å². The zero-order chi connectivity index (χ0) is 11.5. The Morgan fingerprint density at radius 1 is 1.38 bits per heavy atom. The van der Waals surface area contributed by atoms with Gasteiger partial charge in [-0.1, -0.05) is 15.9 Å². The highest BCUT2D eigenvalue weighted by molar-refractivity contribution is 9.10. The van der Waals surface area contributed by atoms with Crippen LogP contribution < -0.4 is 4.90 Å². The second-order valence-electron chi connectivity index (χ2n) is 3.80. The van der Waals surface area contributed by atoms with E-state index in [1.54, 1.807) is 11.8 Å². The van der Waals surface area contributed by atoms with Gasteiger partial charge in [0, 0.05) is 17.1 Å². The summed E-state index contributed by atoms with van der Waals surface area (Å²) in [5.74, 6) is 0.183. The lowest BCUT2D eigenvalue weighted by Gasteiger charge is -2.29. The number of anilines is 1. The van der Waals surface area contributed by atoms with Crippen molar-refractivity contribution in [2.45, 2.75) is 22.6 Å². The van der Waals surface area contributed by atoms with Crippen molar-refractivity contribution < 1.29 is 4.79 Å². The fraction of sp³-hybridized carbons (Fsp3) is 0.417. The summed E-state index contributed by atoms with van der Waals surface area (Å²) in [5.41, 5.74) is 1.01. The first-order valence-electron chi connectivity index (χ1n) is 5.32. The Bertz CT molecular complexity index is 379. The van der Waals surface area contributed by atoms with Crippen LogP contribution in [0.4, 0.5) is 5.69 Å². The molecule has 1 unspecified atom stereocenters. The summed E-state index contributed by atoms with van der Waals surface area (Å²) < 4.78 is 0. The van der Waals surface area contributed by atoms with Crippen molar-refractivity contribution in [2.75, 3.05) is 17.7 Å². The van der Waals surface area contributed by atoms with E-state index in [1.165, 1.54) is 4.90 Å². The first-order valence-corrected chi connectivity index (χ1v) is 7.46. The van der Waals surface area contributed by atoms with Gasteiger partial charge in [-0.3, -0.25) is 4.79 Å². The van der Waals surface area contributed by atoms with E-state index in [2.05, 4.69) is 34.3 Å². The molecule has 1 aromatic rings. The zero-order valence-corrected chi connectivity index (χ0v) is 11.6. The number of hydrogen-bond acceptors (Lipinski definition) is 2. The molecule has 86 valence electrons. The molecule has 0 aliphatic carbocycles. The van der Waals surface area contributed by atoms with Crippen LogP contribution in [0.5, 0.6) is 0 Å². The third-order valence-corrected chi connectivity index (χ3v) is 4.35. The minimum Gasteiger partial charge on any atom is -0.311 e. The van der Waals surface area contributed by atoms with Gasteiger partial charge in [-0.2, -0.15) is 0 Å². The summed E-state index contributed by atoms with van der Waals surface area (Å²) in [5, 5.41) is 0. The second-order valence-corrected chi connectivity index (χ2v) is 5.78. The number of piperidine rings is 1. The summed E-state index contributed by atoms with van der Waals surface area (Å²) in [4.78, 5) is 15.0. The lowest BCUT2D eigenvalue weighted by Crippen LogP contribution is -2.41. The number of carbonyl (C=O) groups excluding carboxylic acids is 1. The molecular formula is C12H14BrNOS. The number of thioether (sulfide) groups is 1. The molecule has 0 N–H and O–H groups in total. The van der Waals surface area contributed by atoms with Crippen LogP contribution in [0.15, 0.2) is 29.2 Å².